The molecule has 0 spiro atoms. The minimum absolute atomic E-state index is 0.454. The first-order valence-corrected chi connectivity index (χ1v) is 14.8. The molecule has 2 aromatic heterocycles. The van der Waals surface area contributed by atoms with Gasteiger partial charge in [0.15, 0.2) is 0 Å². The van der Waals surface area contributed by atoms with E-state index in [-0.39, 0.29) is 0 Å². The molecule has 3 heterocycles. The van der Waals surface area contributed by atoms with E-state index in [0.717, 1.165) is 56.4 Å². The molecule has 3 rings (SSSR count). The van der Waals surface area contributed by atoms with Gasteiger partial charge in [-0.3, -0.25) is 0 Å². The van der Waals surface area contributed by atoms with Crippen molar-refractivity contribution in [2.24, 2.45) is 0 Å². The Morgan fingerprint density at radius 1 is 1.26 bits per heavy atom. The fraction of sp³-hybridized carbons (Fsp3) is 0.636. The second kappa shape index (κ2) is 10.5. The second-order valence-corrected chi connectivity index (χ2v) is 15.2. The van der Waals surface area contributed by atoms with Crippen LogP contribution in [0, 0.1) is 6.92 Å². The summed E-state index contributed by atoms with van der Waals surface area (Å²) in [6.07, 6.45) is 5.92. The van der Waals surface area contributed by atoms with E-state index in [1.165, 1.54) is 5.56 Å². The molecule has 31 heavy (non-hydrogen) atoms. The average molecular weight is 447 g/mol. The van der Waals surface area contributed by atoms with Crippen LogP contribution < -0.4 is 20.7 Å². The number of hydrogen-bond acceptors (Lipinski definition) is 7. The Kier molecular flexibility index (Phi) is 7.96. The predicted octanol–water partition coefficient (Wildman–Crippen LogP) is 3.25. The maximum atomic E-state index is 6.13. The molecule has 172 valence electrons. The minimum Gasteiger partial charge on any atom is -0.480 e. The standard InChI is InChI=1S/C22H38N6O2Si/c1-17-6-9-24-22(29-2)20(17)27-10-7-19(8-11-27)25-14-18-15-28(26-21(18)23)16-30-12-13-31(3,4)5/h6,9,15,19,25H,7-8,10-14,16H2,1-5H3,(H2,23,26). The molecular formula is C22H38N6O2Si. The fourth-order valence-corrected chi connectivity index (χ4v) is 4.59. The summed E-state index contributed by atoms with van der Waals surface area (Å²) in [5.41, 5.74) is 9.47. The molecule has 1 aliphatic heterocycles. The van der Waals surface area contributed by atoms with Crippen molar-refractivity contribution in [1.29, 1.82) is 0 Å². The lowest BCUT2D eigenvalue weighted by Gasteiger charge is -2.35. The molecule has 9 heteroatoms. The van der Waals surface area contributed by atoms with Crippen molar-refractivity contribution in [2.75, 3.05) is 37.4 Å². The van der Waals surface area contributed by atoms with Gasteiger partial charge in [-0.1, -0.05) is 19.6 Å². The summed E-state index contributed by atoms with van der Waals surface area (Å²) in [6, 6.07) is 3.65. The van der Waals surface area contributed by atoms with Crippen LogP contribution in [0.3, 0.4) is 0 Å². The highest BCUT2D eigenvalue weighted by atomic mass is 28.3. The van der Waals surface area contributed by atoms with Gasteiger partial charge >= 0.3 is 0 Å². The van der Waals surface area contributed by atoms with Crippen LogP contribution in [-0.2, 0) is 18.0 Å². The highest BCUT2D eigenvalue weighted by molar-refractivity contribution is 6.76. The molecule has 0 saturated carbocycles. The molecule has 0 aromatic carbocycles. The van der Waals surface area contributed by atoms with E-state index in [4.69, 9.17) is 15.2 Å². The summed E-state index contributed by atoms with van der Waals surface area (Å²) < 4.78 is 13.1. The van der Waals surface area contributed by atoms with Crippen LogP contribution in [0.2, 0.25) is 25.7 Å². The third-order valence-electron chi connectivity index (χ3n) is 5.77. The normalized spacial score (nSPS) is 15.5. The smallest absolute Gasteiger partial charge is 0.237 e. The number of anilines is 2. The third kappa shape index (κ3) is 6.69. The van der Waals surface area contributed by atoms with E-state index >= 15 is 0 Å². The first kappa shape index (κ1) is 23.6. The van der Waals surface area contributed by atoms with Crippen molar-refractivity contribution in [3.05, 3.63) is 29.6 Å². The Bertz CT molecular complexity index is 843. The zero-order chi connectivity index (χ0) is 22.4. The van der Waals surface area contributed by atoms with Gasteiger partial charge in [0.25, 0.3) is 0 Å². The van der Waals surface area contributed by atoms with Gasteiger partial charge in [0.05, 0.1) is 7.11 Å². The van der Waals surface area contributed by atoms with Crippen LogP contribution in [0.1, 0.15) is 24.0 Å². The van der Waals surface area contributed by atoms with Crippen molar-refractivity contribution in [1.82, 2.24) is 20.1 Å². The number of piperidine rings is 1. The number of hydrogen-bond donors (Lipinski definition) is 2. The number of aryl methyl sites for hydroxylation is 1. The molecule has 1 aliphatic rings. The number of nitrogens with two attached hydrogens (primary N) is 1. The highest BCUT2D eigenvalue weighted by Gasteiger charge is 2.23. The first-order chi connectivity index (χ1) is 14.8. The molecule has 0 amide bonds. The maximum Gasteiger partial charge on any atom is 0.237 e. The molecule has 1 fully saturated rings. The van der Waals surface area contributed by atoms with E-state index in [0.29, 0.717) is 24.5 Å². The molecule has 1 saturated heterocycles. The Morgan fingerprint density at radius 2 is 2.00 bits per heavy atom. The largest absolute Gasteiger partial charge is 0.480 e. The van der Waals surface area contributed by atoms with Gasteiger partial charge < -0.3 is 25.4 Å². The van der Waals surface area contributed by atoms with E-state index in [2.05, 4.69) is 46.9 Å². The molecule has 3 N–H and O–H groups in total. The lowest BCUT2D eigenvalue weighted by molar-refractivity contribution is 0.0787. The van der Waals surface area contributed by atoms with Crippen LogP contribution in [-0.4, -0.2) is 55.7 Å². The van der Waals surface area contributed by atoms with Gasteiger partial charge in [0.1, 0.15) is 18.2 Å². The highest BCUT2D eigenvalue weighted by Crippen LogP contribution is 2.31. The molecular weight excluding hydrogens is 408 g/mol. The van der Waals surface area contributed by atoms with Crippen molar-refractivity contribution < 1.29 is 9.47 Å². The van der Waals surface area contributed by atoms with Crippen LogP contribution in [0.15, 0.2) is 18.5 Å². The van der Waals surface area contributed by atoms with Crippen molar-refractivity contribution >= 4 is 19.6 Å². The van der Waals surface area contributed by atoms with Gasteiger partial charge in [-0.15, -0.1) is 0 Å². The van der Waals surface area contributed by atoms with E-state index in [1.54, 1.807) is 18.0 Å². The summed E-state index contributed by atoms with van der Waals surface area (Å²) in [5, 5.41) is 8.05. The summed E-state index contributed by atoms with van der Waals surface area (Å²) in [4.78, 5) is 6.75. The van der Waals surface area contributed by atoms with Gasteiger partial charge in [0.2, 0.25) is 5.88 Å². The minimum atomic E-state index is -1.07. The number of rotatable bonds is 10. The monoisotopic (exact) mass is 446 g/mol. The molecule has 0 atom stereocenters. The Labute approximate surface area is 187 Å². The Hall–Kier alpha value is -2.10. The van der Waals surface area contributed by atoms with Crippen molar-refractivity contribution in [3.63, 3.8) is 0 Å². The van der Waals surface area contributed by atoms with Crippen molar-refractivity contribution in [3.8, 4) is 5.88 Å². The summed E-state index contributed by atoms with van der Waals surface area (Å²) >= 11 is 0. The van der Waals surface area contributed by atoms with E-state index < -0.39 is 8.07 Å². The van der Waals surface area contributed by atoms with E-state index in [1.807, 2.05) is 12.3 Å². The molecule has 0 unspecified atom stereocenters. The lowest BCUT2D eigenvalue weighted by Crippen LogP contribution is -2.42. The third-order valence-corrected chi connectivity index (χ3v) is 7.47. The predicted molar refractivity (Wildman–Crippen MR) is 128 cm³/mol. The van der Waals surface area contributed by atoms with Crippen LogP contribution >= 0.6 is 0 Å². The van der Waals surface area contributed by atoms with Gasteiger partial charge in [-0.2, -0.15) is 5.10 Å². The summed E-state index contributed by atoms with van der Waals surface area (Å²) in [6.45, 7) is 13.1. The number of nitrogens with one attached hydrogen (secondary N) is 1. The van der Waals surface area contributed by atoms with Gasteiger partial charge in [-0.25, -0.2) is 9.67 Å². The summed E-state index contributed by atoms with van der Waals surface area (Å²) in [7, 11) is 0.610. The van der Waals surface area contributed by atoms with Crippen LogP contribution in [0.4, 0.5) is 11.5 Å². The van der Waals surface area contributed by atoms with E-state index in [9.17, 15) is 0 Å². The number of methoxy groups -OCH3 is 1. The first-order valence-electron chi connectivity index (χ1n) is 11.1. The quantitative estimate of drug-likeness (QED) is 0.428. The van der Waals surface area contributed by atoms with Gasteiger partial charge in [0, 0.05) is 58.3 Å². The van der Waals surface area contributed by atoms with Gasteiger partial charge in [-0.05, 0) is 37.4 Å². The molecule has 8 nitrogen and oxygen atoms in total. The second-order valence-electron chi connectivity index (χ2n) is 9.56. The van der Waals surface area contributed by atoms with Crippen LogP contribution in [0.5, 0.6) is 5.88 Å². The number of nitrogen functional groups attached to an aromatic ring is 1. The topological polar surface area (TPSA) is 90.5 Å². The average Bonchev–Trinajstić information content (AvgIpc) is 3.08. The number of pyridine rings is 1. The number of ether oxygens (including phenoxy) is 2. The molecule has 0 aliphatic carbocycles. The Balaban J connectivity index is 1.45. The SMILES string of the molecule is COc1nccc(C)c1N1CCC(NCc2cn(COCC[Si](C)(C)C)nc2N)CC1. The fourth-order valence-electron chi connectivity index (χ4n) is 3.84. The Morgan fingerprint density at radius 3 is 2.68 bits per heavy atom. The maximum absolute atomic E-state index is 6.13. The molecule has 0 bridgehead atoms. The van der Waals surface area contributed by atoms with Crippen LogP contribution in [0.25, 0.3) is 0 Å². The zero-order valence-electron chi connectivity index (χ0n) is 19.6. The molecule has 0 radical (unpaired) electrons. The molecule has 2 aromatic rings. The number of aromatic nitrogens is 3. The number of nitrogens with zero attached hydrogens (tertiary/aromatic N) is 4. The zero-order valence-corrected chi connectivity index (χ0v) is 20.6. The lowest BCUT2D eigenvalue weighted by atomic mass is 10.0. The summed E-state index contributed by atoms with van der Waals surface area (Å²) in [5.74, 6) is 1.29. The van der Waals surface area contributed by atoms with Crippen molar-refractivity contribution in [2.45, 2.75) is 64.8 Å².